The Morgan fingerprint density at radius 3 is 0.949 bits per heavy atom. The third kappa shape index (κ3) is 37.4. The quantitative estimate of drug-likeness (QED) is 0.0284. The molecule has 1 atom stereocenters. The number of hydrogen-bond donors (Lipinski definition) is 1. The summed E-state index contributed by atoms with van der Waals surface area (Å²) in [6.45, 7) is 8.28. The lowest BCUT2D eigenvalue weighted by Crippen LogP contribution is -2.48. The number of allylic oxidation sites excluding steroid dienone is 4. The van der Waals surface area contributed by atoms with Crippen molar-refractivity contribution in [2.75, 3.05) is 0 Å². The van der Waals surface area contributed by atoms with Crippen LogP contribution < -0.4 is 0 Å². The van der Waals surface area contributed by atoms with Crippen LogP contribution in [0.4, 0.5) is 0 Å². The first-order chi connectivity index (χ1) is 28.8. The highest BCUT2D eigenvalue weighted by Gasteiger charge is 2.47. The van der Waals surface area contributed by atoms with Gasteiger partial charge < -0.3 is 14.6 Å². The van der Waals surface area contributed by atoms with Gasteiger partial charge in [0.25, 0.3) is 5.79 Å². The van der Waals surface area contributed by atoms with E-state index >= 15 is 0 Å². The van der Waals surface area contributed by atoms with Crippen molar-refractivity contribution in [1.82, 2.24) is 0 Å². The molecule has 59 heavy (non-hydrogen) atoms. The van der Waals surface area contributed by atoms with Gasteiger partial charge in [-0.25, -0.2) is 0 Å². The summed E-state index contributed by atoms with van der Waals surface area (Å²) in [5, 5.41) is 10.2. The van der Waals surface area contributed by atoms with Gasteiger partial charge in [-0.3, -0.25) is 14.4 Å². The maximum atomic E-state index is 13.3. The fourth-order valence-electron chi connectivity index (χ4n) is 7.91. The molecule has 1 unspecified atom stereocenters. The van der Waals surface area contributed by atoms with Crippen LogP contribution in [0.1, 0.15) is 285 Å². The minimum atomic E-state index is -1.77. The van der Waals surface area contributed by atoms with Gasteiger partial charge in [-0.1, -0.05) is 212 Å². The van der Waals surface area contributed by atoms with E-state index in [1.165, 1.54) is 142 Å². The van der Waals surface area contributed by atoms with Crippen LogP contribution in [0.5, 0.6) is 0 Å². The predicted molar refractivity (Wildman–Crippen MR) is 252 cm³/mol. The second-order valence-electron chi connectivity index (χ2n) is 17.8. The Labute approximate surface area is 366 Å². The largest absolute Gasteiger partial charge is 0.481 e. The third-order valence-electron chi connectivity index (χ3n) is 12.0. The molecular formula is C53H98O6. The highest BCUT2D eigenvalue weighted by atomic mass is 16.7. The molecule has 6 heteroatoms. The fraction of sp³-hybridized carbons (Fsp3) is 0.868. The van der Waals surface area contributed by atoms with Gasteiger partial charge in [0.2, 0.25) is 0 Å². The number of carbonyl (C=O) groups excluding carboxylic acids is 2. The number of esters is 2. The van der Waals surface area contributed by atoms with Gasteiger partial charge >= 0.3 is 17.9 Å². The van der Waals surface area contributed by atoms with Crippen LogP contribution in [0.15, 0.2) is 24.3 Å². The lowest BCUT2D eigenvalue weighted by molar-refractivity contribution is -0.250. The molecule has 0 amide bonds. The van der Waals surface area contributed by atoms with Crippen LogP contribution in [0, 0.1) is 5.92 Å². The van der Waals surface area contributed by atoms with Crippen molar-refractivity contribution in [3.8, 4) is 0 Å². The molecule has 0 fully saturated rings. The Kier molecular flexibility index (Phi) is 42.4. The van der Waals surface area contributed by atoms with Crippen LogP contribution in [0.25, 0.3) is 0 Å². The lowest BCUT2D eigenvalue weighted by Gasteiger charge is -2.36. The standard InChI is InChI=1S/C53H98O6/c1-5-8-11-14-17-20-23-25-27-29-31-34-37-40-43-46-50(54)58-53(49(4)52(56)57,48-45-42-39-36-33-22-19-16-13-10-7-3)59-51(55)47-44-41-38-35-32-30-28-26-24-21-18-15-12-9-6-2/h25-28,49H,5-24,29-48H2,1-4H3,(H,56,57)/b27-25-,28-26-. The van der Waals surface area contributed by atoms with Gasteiger partial charge in [-0.05, 0) is 77.6 Å². The SMILES string of the molecule is CCCCCCCC/C=C\CCCCCCCC(=O)OC(CCCCCCCCCCCCC)(OC(=O)CCCCCCC/C=C\CCCCCCCC)C(C)C(=O)O. The third-order valence-corrected chi connectivity index (χ3v) is 12.0. The smallest absolute Gasteiger partial charge is 0.314 e. The summed E-state index contributed by atoms with van der Waals surface area (Å²) < 4.78 is 12.0. The van der Waals surface area contributed by atoms with Crippen molar-refractivity contribution >= 4 is 17.9 Å². The molecule has 0 aromatic carbocycles. The molecule has 0 bridgehead atoms. The Balaban J connectivity index is 4.86. The zero-order valence-electron chi connectivity index (χ0n) is 39.7. The average molecular weight is 831 g/mol. The molecule has 0 aliphatic carbocycles. The van der Waals surface area contributed by atoms with E-state index in [0.29, 0.717) is 19.3 Å². The fourth-order valence-corrected chi connectivity index (χ4v) is 7.91. The molecule has 0 radical (unpaired) electrons. The maximum absolute atomic E-state index is 13.3. The molecule has 0 spiro atoms. The van der Waals surface area contributed by atoms with E-state index in [1.807, 2.05) is 0 Å². The van der Waals surface area contributed by atoms with Crippen molar-refractivity contribution in [2.45, 2.75) is 290 Å². The van der Waals surface area contributed by atoms with E-state index in [4.69, 9.17) is 9.47 Å². The molecule has 1 N–H and O–H groups in total. The van der Waals surface area contributed by atoms with Crippen LogP contribution in [0.3, 0.4) is 0 Å². The van der Waals surface area contributed by atoms with E-state index in [-0.39, 0.29) is 19.3 Å². The Hall–Kier alpha value is -2.11. The predicted octanol–water partition coefficient (Wildman–Crippen LogP) is 17.3. The summed E-state index contributed by atoms with van der Waals surface area (Å²) in [5.41, 5.74) is 0. The summed E-state index contributed by atoms with van der Waals surface area (Å²) in [7, 11) is 0. The summed E-state index contributed by atoms with van der Waals surface area (Å²) in [6, 6.07) is 0. The van der Waals surface area contributed by atoms with E-state index in [2.05, 4.69) is 45.1 Å². The van der Waals surface area contributed by atoms with Gasteiger partial charge in [0.05, 0.1) is 0 Å². The van der Waals surface area contributed by atoms with E-state index in [0.717, 1.165) is 83.5 Å². The topological polar surface area (TPSA) is 89.9 Å². The number of carbonyl (C=O) groups is 3. The second-order valence-corrected chi connectivity index (χ2v) is 17.8. The van der Waals surface area contributed by atoms with Crippen molar-refractivity contribution < 1.29 is 29.0 Å². The molecule has 0 aromatic heterocycles. The second kappa shape index (κ2) is 44.0. The van der Waals surface area contributed by atoms with Gasteiger partial charge in [-0.15, -0.1) is 0 Å². The number of ether oxygens (including phenoxy) is 2. The number of carboxylic acid groups (broad SMARTS) is 1. The highest BCUT2D eigenvalue weighted by molar-refractivity contribution is 5.76. The van der Waals surface area contributed by atoms with Crippen LogP contribution >= 0.6 is 0 Å². The monoisotopic (exact) mass is 831 g/mol. The number of hydrogen-bond acceptors (Lipinski definition) is 5. The van der Waals surface area contributed by atoms with Crippen LogP contribution in [-0.2, 0) is 23.9 Å². The first-order valence-corrected chi connectivity index (χ1v) is 25.8. The average Bonchev–Trinajstić information content (AvgIpc) is 3.22. The van der Waals surface area contributed by atoms with Gasteiger partial charge in [0.1, 0.15) is 5.92 Å². The number of unbranched alkanes of at least 4 members (excludes halogenated alkanes) is 32. The molecule has 0 aromatic rings. The molecule has 0 saturated carbocycles. The maximum Gasteiger partial charge on any atom is 0.314 e. The minimum absolute atomic E-state index is 0.205. The van der Waals surface area contributed by atoms with E-state index in [9.17, 15) is 19.5 Å². The molecule has 0 aliphatic rings. The molecule has 0 heterocycles. The molecule has 6 nitrogen and oxygen atoms in total. The van der Waals surface area contributed by atoms with Gasteiger partial charge in [-0.2, -0.15) is 0 Å². The normalized spacial score (nSPS) is 12.5. The van der Waals surface area contributed by atoms with E-state index in [1.54, 1.807) is 0 Å². The van der Waals surface area contributed by atoms with Crippen molar-refractivity contribution in [2.24, 2.45) is 5.92 Å². The van der Waals surface area contributed by atoms with Crippen molar-refractivity contribution in [3.63, 3.8) is 0 Å². The van der Waals surface area contributed by atoms with Crippen LogP contribution in [-0.4, -0.2) is 28.8 Å². The minimum Gasteiger partial charge on any atom is -0.481 e. The zero-order chi connectivity index (χ0) is 43.3. The van der Waals surface area contributed by atoms with Crippen LogP contribution in [0.2, 0.25) is 0 Å². The lowest BCUT2D eigenvalue weighted by atomic mass is 9.93. The Morgan fingerprint density at radius 2 is 0.661 bits per heavy atom. The van der Waals surface area contributed by atoms with Crippen molar-refractivity contribution in [3.05, 3.63) is 24.3 Å². The van der Waals surface area contributed by atoms with E-state index < -0.39 is 29.6 Å². The summed E-state index contributed by atoms with van der Waals surface area (Å²) in [5.74, 6) is -4.97. The summed E-state index contributed by atoms with van der Waals surface area (Å²) in [6.07, 6.45) is 53.1. The molecule has 0 aliphatic heterocycles. The molecule has 0 saturated heterocycles. The zero-order valence-corrected chi connectivity index (χ0v) is 39.7. The van der Waals surface area contributed by atoms with Gasteiger partial charge in [0.15, 0.2) is 0 Å². The van der Waals surface area contributed by atoms with Gasteiger partial charge in [0, 0.05) is 19.3 Å². The number of rotatable bonds is 46. The first kappa shape index (κ1) is 56.9. The Bertz CT molecular complexity index is 948. The first-order valence-electron chi connectivity index (χ1n) is 25.8. The van der Waals surface area contributed by atoms with Crippen molar-refractivity contribution in [1.29, 1.82) is 0 Å². The number of carboxylic acids is 1. The highest BCUT2D eigenvalue weighted by Crippen LogP contribution is 2.33. The number of aliphatic carboxylic acids is 1. The molecular weight excluding hydrogens is 733 g/mol. The summed E-state index contributed by atoms with van der Waals surface area (Å²) in [4.78, 5) is 39.0. The Morgan fingerprint density at radius 1 is 0.407 bits per heavy atom. The molecule has 346 valence electrons. The molecule has 0 rings (SSSR count). The summed E-state index contributed by atoms with van der Waals surface area (Å²) >= 11 is 0.